The van der Waals surface area contributed by atoms with E-state index in [2.05, 4.69) is 9.88 Å². The summed E-state index contributed by atoms with van der Waals surface area (Å²) < 4.78 is 10.7. The van der Waals surface area contributed by atoms with Crippen molar-refractivity contribution < 1.29 is 14.3 Å². The molecule has 1 fully saturated rings. The number of ether oxygens (including phenoxy) is 2. The Hall–Kier alpha value is -3.28. The summed E-state index contributed by atoms with van der Waals surface area (Å²) in [5.41, 5.74) is 1.56. The van der Waals surface area contributed by atoms with Gasteiger partial charge in [0.05, 0.1) is 14.2 Å². The smallest absolute Gasteiger partial charge is 0.273 e. The van der Waals surface area contributed by atoms with E-state index < -0.39 is 0 Å². The van der Waals surface area contributed by atoms with Gasteiger partial charge >= 0.3 is 0 Å². The number of nitrogens with zero attached hydrogens (tertiary/aromatic N) is 3. The van der Waals surface area contributed by atoms with Gasteiger partial charge in [-0.2, -0.15) is 0 Å². The number of fused-ring (bicyclic) bond motifs is 1. The van der Waals surface area contributed by atoms with Crippen molar-refractivity contribution in [3.8, 4) is 11.5 Å². The van der Waals surface area contributed by atoms with Crippen molar-refractivity contribution in [2.45, 2.75) is 0 Å². The molecule has 0 aliphatic carbocycles. The van der Waals surface area contributed by atoms with Gasteiger partial charge in [0.25, 0.3) is 5.91 Å². The second-order valence-corrected chi connectivity index (χ2v) is 6.73. The normalized spacial score (nSPS) is 14.2. The average Bonchev–Trinajstić information content (AvgIpc) is 2.78. The molecule has 0 spiro atoms. The number of pyridine rings is 1. The van der Waals surface area contributed by atoms with Crippen LogP contribution in [0.2, 0.25) is 0 Å². The molecule has 0 saturated carbocycles. The van der Waals surface area contributed by atoms with Crippen LogP contribution < -0.4 is 14.4 Å². The molecule has 2 aromatic carbocycles. The molecule has 6 nitrogen and oxygen atoms in total. The quantitative estimate of drug-likeness (QED) is 0.699. The van der Waals surface area contributed by atoms with Gasteiger partial charge in [-0.15, -0.1) is 0 Å². The van der Waals surface area contributed by atoms with Crippen molar-refractivity contribution in [2.75, 3.05) is 45.3 Å². The van der Waals surface area contributed by atoms with E-state index in [4.69, 9.17) is 9.47 Å². The number of rotatable bonds is 4. The van der Waals surface area contributed by atoms with Crippen LogP contribution in [0, 0.1) is 0 Å². The van der Waals surface area contributed by atoms with Gasteiger partial charge in [-0.25, -0.2) is 0 Å². The van der Waals surface area contributed by atoms with Crippen molar-refractivity contribution in [2.24, 2.45) is 0 Å². The number of hydrogen-bond acceptors (Lipinski definition) is 5. The summed E-state index contributed by atoms with van der Waals surface area (Å²) >= 11 is 0. The minimum absolute atomic E-state index is 0.0142. The van der Waals surface area contributed by atoms with E-state index in [1.165, 1.54) is 0 Å². The van der Waals surface area contributed by atoms with Crippen LogP contribution in [-0.4, -0.2) is 56.2 Å². The number of aromatic nitrogens is 1. The van der Waals surface area contributed by atoms with Crippen molar-refractivity contribution in [3.63, 3.8) is 0 Å². The Morgan fingerprint density at radius 3 is 2.29 bits per heavy atom. The number of methoxy groups -OCH3 is 2. The Morgan fingerprint density at radius 1 is 0.929 bits per heavy atom. The summed E-state index contributed by atoms with van der Waals surface area (Å²) in [5, 5.41) is 1.93. The highest BCUT2D eigenvalue weighted by Gasteiger charge is 2.24. The third kappa shape index (κ3) is 3.45. The molecule has 1 aromatic heterocycles. The topological polar surface area (TPSA) is 54.9 Å². The van der Waals surface area contributed by atoms with Gasteiger partial charge in [0.2, 0.25) is 0 Å². The summed E-state index contributed by atoms with van der Waals surface area (Å²) in [6.07, 6.45) is 1.70. The fourth-order valence-electron chi connectivity index (χ4n) is 3.58. The first-order valence-corrected chi connectivity index (χ1v) is 9.30. The fourth-order valence-corrected chi connectivity index (χ4v) is 3.58. The summed E-state index contributed by atoms with van der Waals surface area (Å²) in [5.74, 6) is 1.50. The standard InChI is InChI=1S/C22H23N3O3/c1-27-18-13-17(14-19(15-18)28-2)24-9-11-25(12-10-24)22(26)21-20-6-4-3-5-16(20)7-8-23-21/h3-8,13-15H,9-12H2,1-2H3. The molecule has 1 amide bonds. The molecule has 0 N–H and O–H groups in total. The van der Waals surface area contributed by atoms with Gasteiger partial charge in [0.1, 0.15) is 17.2 Å². The Balaban J connectivity index is 1.50. The summed E-state index contributed by atoms with van der Waals surface area (Å²) in [6.45, 7) is 2.77. The van der Waals surface area contributed by atoms with Crippen molar-refractivity contribution in [1.82, 2.24) is 9.88 Å². The molecule has 1 aliphatic rings. The average molecular weight is 377 g/mol. The first-order chi connectivity index (χ1) is 13.7. The molecule has 0 bridgehead atoms. The van der Waals surface area contributed by atoms with Crippen LogP contribution in [0.3, 0.4) is 0 Å². The molecule has 144 valence electrons. The number of benzene rings is 2. The van der Waals surface area contributed by atoms with Gasteiger partial charge < -0.3 is 19.3 Å². The molecular weight excluding hydrogens is 354 g/mol. The maximum Gasteiger partial charge on any atom is 0.273 e. The molecule has 28 heavy (non-hydrogen) atoms. The molecule has 0 unspecified atom stereocenters. The van der Waals surface area contributed by atoms with E-state index in [0.29, 0.717) is 18.8 Å². The molecule has 1 aliphatic heterocycles. The van der Waals surface area contributed by atoms with Crippen LogP contribution in [0.15, 0.2) is 54.7 Å². The van der Waals surface area contributed by atoms with E-state index in [0.717, 1.165) is 41.0 Å². The second kappa shape index (κ2) is 7.76. The SMILES string of the molecule is COc1cc(OC)cc(N2CCN(C(=O)c3nccc4ccccc34)CC2)c1. The van der Waals surface area contributed by atoms with E-state index in [1.807, 2.05) is 53.4 Å². The Morgan fingerprint density at radius 2 is 1.61 bits per heavy atom. The highest BCUT2D eigenvalue weighted by atomic mass is 16.5. The van der Waals surface area contributed by atoms with Crippen LogP contribution in [-0.2, 0) is 0 Å². The molecule has 1 saturated heterocycles. The number of carbonyl (C=O) groups excluding carboxylic acids is 1. The van der Waals surface area contributed by atoms with Crippen LogP contribution in [0.1, 0.15) is 10.5 Å². The zero-order chi connectivity index (χ0) is 19.5. The highest BCUT2D eigenvalue weighted by Crippen LogP contribution is 2.29. The predicted octanol–water partition coefficient (Wildman–Crippen LogP) is 3.21. The van der Waals surface area contributed by atoms with Gasteiger partial charge in [-0.05, 0) is 11.5 Å². The number of piperazine rings is 1. The molecule has 3 aromatic rings. The van der Waals surface area contributed by atoms with Crippen LogP contribution in [0.25, 0.3) is 10.8 Å². The van der Waals surface area contributed by atoms with Crippen LogP contribution in [0.4, 0.5) is 5.69 Å². The van der Waals surface area contributed by atoms with E-state index >= 15 is 0 Å². The number of hydrogen-bond donors (Lipinski definition) is 0. The van der Waals surface area contributed by atoms with Crippen molar-refractivity contribution in [1.29, 1.82) is 0 Å². The molecule has 0 atom stereocenters. The third-order valence-corrected chi connectivity index (χ3v) is 5.14. The summed E-state index contributed by atoms with van der Waals surface area (Å²) in [7, 11) is 3.29. The number of amides is 1. The lowest BCUT2D eigenvalue weighted by molar-refractivity contribution is 0.0743. The van der Waals surface area contributed by atoms with Gasteiger partial charge in [0.15, 0.2) is 0 Å². The van der Waals surface area contributed by atoms with E-state index in [1.54, 1.807) is 20.4 Å². The zero-order valence-corrected chi connectivity index (χ0v) is 16.1. The Bertz CT molecular complexity index is 970. The second-order valence-electron chi connectivity index (χ2n) is 6.73. The Labute approximate surface area is 164 Å². The maximum atomic E-state index is 13.1. The highest BCUT2D eigenvalue weighted by molar-refractivity contribution is 6.05. The monoisotopic (exact) mass is 377 g/mol. The fraction of sp³-hybridized carbons (Fsp3) is 0.273. The molecular formula is C22H23N3O3. The van der Waals surface area contributed by atoms with Gasteiger partial charge in [-0.1, -0.05) is 24.3 Å². The minimum Gasteiger partial charge on any atom is -0.497 e. The lowest BCUT2D eigenvalue weighted by atomic mass is 10.1. The zero-order valence-electron chi connectivity index (χ0n) is 16.1. The van der Waals surface area contributed by atoms with Crippen molar-refractivity contribution in [3.05, 3.63) is 60.4 Å². The summed E-state index contributed by atoms with van der Waals surface area (Å²) in [4.78, 5) is 21.5. The van der Waals surface area contributed by atoms with Gasteiger partial charge in [-0.3, -0.25) is 9.78 Å². The lowest BCUT2D eigenvalue weighted by Crippen LogP contribution is -2.49. The first kappa shape index (κ1) is 18.1. The number of anilines is 1. The minimum atomic E-state index is -0.0142. The summed E-state index contributed by atoms with van der Waals surface area (Å²) in [6, 6.07) is 15.6. The van der Waals surface area contributed by atoms with E-state index in [9.17, 15) is 4.79 Å². The largest absolute Gasteiger partial charge is 0.497 e. The lowest BCUT2D eigenvalue weighted by Gasteiger charge is -2.36. The predicted molar refractivity (Wildman–Crippen MR) is 109 cm³/mol. The van der Waals surface area contributed by atoms with E-state index in [-0.39, 0.29) is 5.91 Å². The molecule has 2 heterocycles. The molecule has 6 heteroatoms. The third-order valence-electron chi connectivity index (χ3n) is 5.14. The molecule has 4 rings (SSSR count). The molecule has 0 radical (unpaired) electrons. The number of carbonyl (C=O) groups is 1. The van der Waals surface area contributed by atoms with Crippen molar-refractivity contribution >= 4 is 22.4 Å². The van der Waals surface area contributed by atoms with Crippen LogP contribution in [0.5, 0.6) is 11.5 Å². The van der Waals surface area contributed by atoms with Crippen LogP contribution >= 0.6 is 0 Å². The maximum absolute atomic E-state index is 13.1. The van der Waals surface area contributed by atoms with Gasteiger partial charge in [0, 0.05) is 61.6 Å². The first-order valence-electron chi connectivity index (χ1n) is 9.30. The Kier molecular flexibility index (Phi) is 5.02.